The summed E-state index contributed by atoms with van der Waals surface area (Å²) in [5.41, 5.74) is 3.82. The summed E-state index contributed by atoms with van der Waals surface area (Å²) in [5, 5.41) is 10.5. The number of aromatic nitrogens is 2. The number of nitrogens with one attached hydrogen (secondary N) is 3. The lowest BCUT2D eigenvalue weighted by atomic mass is 9.77. The number of hydrogen-bond acceptors (Lipinski definition) is 8. The second-order valence-corrected chi connectivity index (χ2v) is 14.7. The van der Waals surface area contributed by atoms with Gasteiger partial charge in [-0.1, -0.05) is 97.9 Å². The third-order valence-electron chi connectivity index (χ3n) is 9.11. The first-order valence-electron chi connectivity index (χ1n) is 19.4. The minimum atomic E-state index is -1.04. The number of anilines is 2. The van der Waals surface area contributed by atoms with E-state index in [0.29, 0.717) is 53.6 Å². The van der Waals surface area contributed by atoms with Crippen molar-refractivity contribution >= 4 is 41.2 Å². The zero-order valence-corrected chi connectivity index (χ0v) is 33.5. The third kappa shape index (κ3) is 10.0. The lowest BCUT2D eigenvalue weighted by Crippen LogP contribution is -2.34. The standard InChI is InChI=1S/C46H49N7O5/c1-6-23-53(57-7-2)43(55)33-25-39-40(26-34(30-48-39)42(54)50-38-24-32(28-47-31-38)29-49-44(56)58-45(3,4)5)51-41(27-33)52-46(35-17-11-8-12-18-35,36-19-13-9-14-20-36)37-21-15-10-16-22-37/h8-22,24-26,28,30-31H,6-7,23,27,29H2,1-5H3,(H,49,56)(H,50,54)(H,51,52). The van der Waals surface area contributed by atoms with Crippen LogP contribution in [0.4, 0.5) is 16.2 Å². The van der Waals surface area contributed by atoms with Crippen LogP contribution in [0.5, 0.6) is 0 Å². The molecule has 0 atom stereocenters. The molecule has 0 bridgehead atoms. The number of pyridine rings is 2. The molecule has 0 radical (unpaired) electrons. The summed E-state index contributed by atoms with van der Waals surface area (Å²) >= 11 is 0. The number of fused-ring (bicyclic) bond motifs is 1. The predicted molar refractivity (Wildman–Crippen MR) is 226 cm³/mol. The van der Waals surface area contributed by atoms with Crippen LogP contribution in [0.15, 0.2) is 132 Å². The van der Waals surface area contributed by atoms with Crippen molar-refractivity contribution in [1.82, 2.24) is 20.3 Å². The Morgan fingerprint density at radius 1 is 0.845 bits per heavy atom. The number of nitrogens with zero attached hydrogens (tertiary/aromatic N) is 4. The van der Waals surface area contributed by atoms with Crippen molar-refractivity contribution in [2.75, 3.05) is 23.8 Å². The highest BCUT2D eigenvalue weighted by Gasteiger charge is 2.37. The Balaban J connectivity index is 1.41. The maximum Gasteiger partial charge on any atom is 0.407 e. The van der Waals surface area contributed by atoms with E-state index in [1.54, 1.807) is 45.2 Å². The first kappa shape index (κ1) is 41.0. The molecule has 5 aromatic rings. The van der Waals surface area contributed by atoms with Gasteiger partial charge in [-0.3, -0.25) is 29.4 Å². The number of alkyl carbamates (subject to hydrolysis) is 1. The van der Waals surface area contributed by atoms with Gasteiger partial charge in [-0.15, -0.1) is 0 Å². The van der Waals surface area contributed by atoms with Crippen LogP contribution in [-0.2, 0) is 26.5 Å². The maximum absolute atomic E-state index is 14.2. The molecule has 3 aromatic carbocycles. The first-order chi connectivity index (χ1) is 28.0. The number of amides is 3. The van der Waals surface area contributed by atoms with Crippen LogP contribution in [0.25, 0.3) is 6.08 Å². The second-order valence-electron chi connectivity index (χ2n) is 14.7. The summed E-state index contributed by atoms with van der Waals surface area (Å²) in [7, 11) is 0. The zero-order valence-electron chi connectivity index (χ0n) is 33.5. The molecule has 298 valence electrons. The molecule has 0 unspecified atom stereocenters. The fourth-order valence-corrected chi connectivity index (χ4v) is 6.64. The van der Waals surface area contributed by atoms with Gasteiger partial charge in [-0.2, -0.15) is 0 Å². The van der Waals surface area contributed by atoms with Gasteiger partial charge in [0, 0.05) is 37.5 Å². The summed E-state index contributed by atoms with van der Waals surface area (Å²) < 4.78 is 5.33. The van der Waals surface area contributed by atoms with Gasteiger partial charge in [0.25, 0.3) is 11.8 Å². The number of hydroxylamine groups is 2. The van der Waals surface area contributed by atoms with Crippen molar-refractivity contribution in [3.8, 4) is 0 Å². The molecule has 0 saturated carbocycles. The summed E-state index contributed by atoms with van der Waals surface area (Å²) in [6.07, 6.45) is 6.57. The molecule has 58 heavy (non-hydrogen) atoms. The molecule has 6 rings (SSSR count). The minimum Gasteiger partial charge on any atom is -0.444 e. The van der Waals surface area contributed by atoms with Crippen LogP contribution in [0.2, 0.25) is 0 Å². The molecule has 3 heterocycles. The molecule has 12 heteroatoms. The topological polar surface area (TPSA) is 147 Å². The molecular formula is C46H49N7O5. The molecule has 0 saturated heterocycles. The van der Waals surface area contributed by atoms with E-state index in [9.17, 15) is 14.4 Å². The Morgan fingerprint density at radius 3 is 2.03 bits per heavy atom. The third-order valence-corrected chi connectivity index (χ3v) is 9.11. The van der Waals surface area contributed by atoms with Crippen LogP contribution < -0.4 is 16.0 Å². The Bertz CT molecular complexity index is 2170. The van der Waals surface area contributed by atoms with Crippen molar-refractivity contribution in [2.24, 2.45) is 4.99 Å². The molecule has 3 N–H and O–H groups in total. The average molecular weight is 780 g/mol. The zero-order chi connectivity index (χ0) is 41.1. The van der Waals surface area contributed by atoms with Crippen molar-refractivity contribution < 1.29 is 24.0 Å². The first-order valence-corrected chi connectivity index (χ1v) is 19.4. The predicted octanol–water partition coefficient (Wildman–Crippen LogP) is 8.53. The average Bonchev–Trinajstić information content (AvgIpc) is 3.41. The van der Waals surface area contributed by atoms with E-state index >= 15 is 0 Å². The van der Waals surface area contributed by atoms with E-state index in [1.807, 2.05) is 68.4 Å². The summed E-state index contributed by atoms with van der Waals surface area (Å²) in [6, 6.07) is 33.6. The molecule has 0 spiro atoms. The van der Waals surface area contributed by atoms with Crippen LogP contribution in [-0.4, -0.2) is 57.5 Å². The SMILES string of the molecule is CCCN(OCC)C(=O)C1=Cc2ncc(C(=O)Nc3cncc(CNC(=O)OC(C)(C)C)c3)cc2NC(=NC(c2ccccc2)(c2ccccc2)c2ccccc2)C1. The quantitative estimate of drug-likeness (QED) is 0.0796. The van der Waals surface area contributed by atoms with Crippen molar-refractivity contribution in [1.29, 1.82) is 0 Å². The summed E-state index contributed by atoms with van der Waals surface area (Å²) in [6.45, 7) is 10.1. The molecule has 1 aliphatic rings. The molecule has 0 fully saturated rings. The van der Waals surface area contributed by atoms with Crippen molar-refractivity contribution in [3.05, 3.63) is 161 Å². The van der Waals surface area contributed by atoms with Gasteiger partial charge in [-0.25, -0.2) is 9.86 Å². The number of carbonyl (C=O) groups excluding carboxylic acids is 3. The van der Waals surface area contributed by atoms with E-state index in [4.69, 9.17) is 14.6 Å². The highest BCUT2D eigenvalue weighted by Crippen LogP contribution is 2.41. The smallest absolute Gasteiger partial charge is 0.407 e. The molecule has 1 aliphatic heterocycles. The van der Waals surface area contributed by atoms with E-state index in [-0.39, 0.29) is 24.4 Å². The lowest BCUT2D eigenvalue weighted by molar-refractivity contribution is -0.180. The molecule has 12 nitrogen and oxygen atoms in total. The fourth-order valence-electron chi connectivity index (χ4n) is 6.64. The van der Waals surface area contributed by atoms with Crippen LogP contribution in [0.3, 0.4) is 0 Å². The number of rotatable bonds is 13. The monoisotopic (exact) mass is 779 g/mol. The van der Waals surface area contributed by atoms with Gasteiger partial charge in [0.05, 0.1) is 35.4 Å². The van der Waals surface area contributed by atoms with Crippen LogP contribution >= 0.6 is 0 Å². The largest absolute Gasteiger partial charge is 0.444 e. The second kappa shape index (κ2) is 18.5. The van der Waals surface area contributed by atoms with E-state index in [1.165, 1.54) is 17.5 Å². The van der Waals surface area contributed by atoms with Gasteiger partial charge in [0.15, 0.2) is 0 Å². The number of amidine groups is 1. The van der Waals surface area contributed by atoms with E-state index in [0.717, 1.165) is 16.7 Å². The lowest BCUT2D eigenvalue weighted by Gasteiger charge is -2.33. The summed E-state index contributed by atoms with van der Waals surface area (Å²) in [4.78, 5) is 60.6. The van der Waals surface area contributed by atoms with E-state index in [2.05, 4.69) is 62.3 Å². The van der Waals surface area contributed by atoms with Gasteiger partial charge in [0.2, 0.25) is 0 Å². The highest BCUT2D eigenvalue weighted by molar-refractivity contribution is 6.11. The number of aliphatic imine (C=N–C) groups is 1. The van der Waals surface area contributed by atoms with Gasteiger partial charge in [-0.05, 0) is 74.6 Å². The van der Waals surface area contributed by atoms with Gasteiger partial charge in [0.1, 0.15) is 17.0 Å². The Labute approximate surface area is 339 Å². The Kier molecular flexibility index (Phi) is 13.1. The molecular weight excluding hydrogens is 731 g/mol. The van der Waals surface area contributed by atoms with Gasteiger partial charge >= 0.3 is 6.09 Å². The number of hydrogen-bond donors (Lipinski definition) is 3. The Morgan fingerprint density at radius 2 is 1.47 bits per heavy atom. The fraction of sp³-hybridized carbons (Fsp3) is 0.261. The number of benzene rings is 3. The highest BCUT2D eigenvalue weighted by atomic mass is 16.7. The van der Waals surface area contributed by atoms with Crippen LogP contribution in [0.1, 0.15) is 85.8 Å². The normalized spacial score (nSPS) is 13.3. The Hall–Kier alpha value is -6.66. The van der Waals surface area contributed by atoms with Crippen LogP contribution in [0, 0.1) is 0 Å². The van der Waals surface area contributed by atoms with Crippen molar-refractivity contribution in [2.45, 2.75) is 65.1 Å². The van der Waals surface area contributed by atoms with Gasteiger partial charge < -0.3 is 20.7 Å². The number of carbonyl (C=O) groups is 3. The molecule has 0 aliphatic carbocycles. The summed E-state index contributed by atoms with van der Waals surface area (Å²) in [5.74, 6) is -0.249. The maximum atomic E-state index is 14.2. The van der Waals surface area contributed by atoms with Crippen molar-refractivity contribution in [3.63, 3.8) is 0 Å². The molecule has 3 amide bonds. The van der Waals surface area contributed by atoms with E-state index < -0.39 is 23.1 Å². The molecule has 2 aromatic heterocycles. The number of ether oxygens (including phenoxy) is 1. The minimum absolute atomic E-state index is 0.119.